The van der Waals surface area contributed by atoms with Gasteiger partial charge in [0.1, 0.15) is 0 Å². The van der Waals surface area contributed by atoms with E-state index < -0.39 is 0 Å². The van der Waals surface area contributed by atoms with Gasteiger partial charge >= 0.3 is 0 Å². The molecule has 12 rings (SSSR count). The van der Waals surface area contributed by atoms with Crippen molar-refractivity contribution < 1.29 is 0 Å². The molecule has 10 aromatic carbocycles. The Balaban J connectivity index is 1.13. The number of hydrogen-bond acceptors (Lipinski definition) is 0. The van der Waals surface area contributed by atoms with Crippen LogP contribution in [0.15, 0.2) is 231 Å². The highest BCUT2D eigenvalue weighted by atomic mass is 15.0. The number of hydrogen-bond donors (Lipinski definition) is 0. The molecular formula is C58H38N2. The van der Waals surface area contributed by atoms with E-state index in [1.165, 1.54) is 98.9 Å². The normalized spacial score (nSPS) is 11.7. The van der Waals surface area contributed by atoms with Crippen molar-refractivity contribution in [3.63, 3.8) is 0 Å². The molecule has 0 spiro atoms. The van der Waals surface area contributed by atoms with Crippen LogP contribution in [-0.2, 0) is 0 Å². The molecule has 0 radical (unpaired) electrons. The number of aromatic nitrogens is 2. The van der Waals surface area contributed by atoms with Crippen LogP contribution in [0.4, 0.5) is 0 Å². The van der Waals surface area contributed by atoms with Gasteiger partial charge in [0.05, 0.1) is 22.1 Å². The van der Waals surface area contributed by atoms with Gasteiger partial charge in [-0.15, -0.1) is 0 Å². The highest BCUT2D eigenvalue weighted by molar-refractivity contribution is 6.20. The molecule has 0 saturated carbocycles. The van der Waals surface area contributed by atoms with Gasteiger partial charge in [0.15, 0.2) is 0 Å². The molecule has 0 atom stereocenters. The summed E-state index contributed by atoms with van der Waals surface area (Å²) in [7, 11) is 0. The van der Waals surface area contributed by atoms with Crippen LogP contribution in [0, 0.1) is 0 Å². The Bertz CT molecular complexity index is 3570. The van der Waals surface area contributed by atoms with Gasteiger partial charge in [0.2, 0.25) is 0 Å². The van der Waals surface area contributed by atoms with Crippen molar-refractivity contribution in [2.45, 2.75) is 0 Å². The van der Waals surface area contributed by atoms with Crippen LogP contribution in [0.5, 0.6) is 0 Å². The fraction of sp³-hybridized carbons (Fsp3) is 0. The first-order valence-electron chi connectivity index (χ1n) is 20.7. The zero-order chi connectivity index (χ0) is 39.6. The van der Waals surface area contributed by atoms with Crippen LogP contribution >= 0.6 is 0 Å². The van der Waals surface area contributed by atoms with Crippen LogP contribution in [0.3, 0.4) is 0 Å². The average molecular weight is 763 g/mol. The number of benzene rings is 10. The summed E-state index contributed by atoms with van der Waals surface area (Å²) in [6.07, 6.45) is 0. The largest absolute Gasteiger partial charge is 0.309 e. The Labute approximate surface area is 348 Å². The maximum absolute atomic E-state index is 2.48. The summed E-state index contributed by atoms with van der Waals surface area (Å²) < 4.78 is 4.94. The Morgan fingerprint density at radius 3 is 1.25 bits per heavy atom. The quantitative estimate of drug-likeness (QED) is 0.160. The second kappa shape index (κ2) is 13.9. The van der Waals surface area contributed by atoms with Crippen LogP contribution < -0.4 is 0 Å². The number of nitrogens with zero attached hydrogens (tertiary/aromatic N) is 2. The van der Waals surface area contributed by atoms with E-state index in [1.807, 2.05) is 0 Å². The Morgan fingerprint density at radius 2 is 0.667 bits per heavy atom. The number of rotatable bonds is 6. The van der Waals surface area contributed by atoms with Gasteiger partial charge in [0, 0.05) is 44.0 Å². The number of para-hydroxylation sites is 4. The van der Waals surface area contributed by atoms with Crippen molar-refractivity contribution in [2.75, 3.05) is 0 Å². The molecular weight excluding hydrogens is 725 g/mol. The lowest BCUT2D eigenvalue weighted by molar-refractivity contribution is 1.18. The van der Waals surface area contributed by atoms with Crippen molar-refractivity contribution in [3.05, 3.63) is 231 Å². The van der Waals surface area contributed by atoms with Crippen LogP contribution in [0.25, 0.3) is 110 Å². The fourth-order valence-electron chi connectivity index (χ4n) is 9.69. The van der Waals surface area contributed by atoms with E-state index in [9.17, 15) is 0 Å². The van der Waals surface area contributed by atoms with Gasteiger partial charge in [-0.1, -0.05) is 194 Å². The minimum absolute atomic E-state index is 1.14. The first-order valence-corrected chi connectivity index (χ1v) is 20.7. The van der Waals surface area contributed by atoms with Crippen molar-refractivity contribution in [3.8, 4) is 55.9 Å². The van der Waals surface area contributed by atoms with E-state index >= 15 is 0 Å². The Morgan fingerprint density at radius 1 is 0.250 bits per heavy atom. The summed E-state index contributed by atoms with van der Waals surface area (Å²) in [5.41, 5.74) is 16.7. The van der Waals surface area contributed by atoms with Crippen molar-refractivity contribution in [2.24, 2.45) is 0 Å². The highest BCUT2D eigenvalue weighted by Gasteiger charge is 2.22. The molecule has 2 heteroatoms. The summed E-state index contributed by atoms with van der Waals surface area (Å²) in [6, 6.07) is 84.2. The summed E-state index contributed by atoms with van der Waals surface area (Å²) in [4.78, 5) is 0. The lowest BCUT2D eigenvalue weighted by Gasteiger charge is -2.17. The SMILES string of the molecule is c1ccc(-c2ccc(-n3c4ccccc4c4cccc(-c5cccc6cccc(-c7cccc8c9ccccc9n(-c9cccc(-c%10ccccc%10)c9)c78)c56)c43)cc2)cc1. The van der Waals surface area contributed by atoms with E-state index in [0.717, 1.165) is 11.4 Å². The molecule has 2 nitrogen and oxygen atoms in total. The predicted octanol–water partition coefficient (Wildman–Crippen LogP) is 15.7. The maximum Gasteiger partial charge on any atom is 0.0619 e. The summed E-state index contributed by atoms with van der Waals surface area (Å²) in [6.45, 7) is 0. The molecule has 0 aliphatic carbocycles. The molecule has 280 valence electrons. The minimum atomic E-state index is 1.14. The van der Waals surface area contributed by atoms with E-state index in [4.69, 9.17) is 0 Å². The van der Waals surface area contributed by atoms with Gasteiger partial charge < -0.3 is 9.13 Å². The monoisotopic (exact) mass is 762 g/mol. The van der Waals surface area contributed by atoms with Crippen LogP contribution in [0.1, 0.15) is 0 Å². The van der Waals surface area contributed by atoms with E-state index in [0.29, 0.717) is 0 Å². The van der Waals surface area contributed by atoms with Crippen LogP contribution in [0.2, 0.25) is 0 Å². The molecule has 60 heavy (non-hydrogen) atoms. The molecule has 12 aromatic rings. The standard InChI is InChI=1S/C58H38N2/c1-3-16-39(17-4-1)41-34-36-44(37-35-41)59-54-32-9-7-24-46(54)50-28-14-30-52(57(50)59)48-26-12-20-42-21-13-27-49(56(42)48)53-31-15-29-51-47-25-8-10-33-55(47)60(58(51)53)45-23-11-22-43(38-45)40-18-5-2-6-19-40/h1-38H. The van der Waals surface area contributed by atoms with Gasteiger partial charge in [-0.25, -0.2) is 0 Å². The molecule has 0 bridgehead atoms. The van der Waals surface area contributed by atoms with E-state index in [1.54, 1.807) is 0 Å². The zero-order valence-electron chi connectivity index (χ0n) is 32.8. The minimum Gasteiger partial charge on any atom is -0.309 e. The second-order valence-electron chi connectivity index (χ2n) is 15.6. The molecule has 0 fully saturated rings. The summed E-state index contributed by atoms with van der Waals surface area (Å²) in [5, 5.41) is 7.42. The predicted molar refractivity (Wildman–Crippen MR) is 254 cm³/mol. The highest BCUT2D eigenvalue weighted by Crippen LogP contribution is 2.45. The second-order valence-corrected chi connectivity index (χ2v) is 15.6. The first-order chi connectivity index (χ1) is 29.8. The number of fused-ring (bicyclic) bond motifs is 7. The van der Waals surface area contributed by atoms with Gasteiger partial charge in [-0.05, 0) is 80.6 Å². The topological polar surface area (TPSA) is 9.86 Å². The lowest BCUT2D eigenvalue weighted by atomic mass is 9.90. The van der Waals surface area contributed by atoms with Gasteiger partial charge in [-0.2, -0.15) is 0 Å². The van der Waals surface area contributed by atoms with Gasteiger partial charge in [-0.3, -0.25) is 0 Å². The molecule has 0 amide bonds. The third-order valence-electron chi connectivity index (χ3n) is 12.3. The molecule has 0 unspecified atom stereocenters. The molecule has 0 N–H and O–H groups in total. The first kappa shape index (κ1) is 34.1. The third-order valence-corrected chi connectivity index (χ3v) is 12.3. The van der Waals surface area contributed by atoms with E-state index in [-0.39, 0.29) is 0 Å². The lowest BCUT2D eigenvalue weighted by Crippen LogP contribution is -1.97. The van der Waals surface area contributed by atoms with Crippen molar-refractivity contribution in [1.29, 1.82) is 0 Å². The third kappa shape index (κ3) is 5.35. The Kier molecular flexibility index (Phi) is 7.89. The molecule has 0 saturated heterocycles. The van der Waals surface area contributed by atoms with Gasteiger partial charge in [0.25, 0.3) is 0 Å². The molecule has 0 aliphatic heterocycles. The van der Waals surface area contributed by atoms with Crippen molar-refractivity contribution in [1.82, 2.24) is 9.13 Å². The molecule has 2 aromatic heterocycles. The Hall–Kier alpha value is -7.94. The summed E-state index contributed by atoms with van der Waals surface area (Å²) >= 11 is 0. The average Bonchev–Trinajstić information content (AvgIpc) is 3.85. The zero-order valence-corrected chi connectivity index (χ0v) is 32.8. The maximum atomic E-state index is 2.48. The van der Waals surface area contributed by atoms with Crippen LogP contribution in [-0.4, -0.2) is 9.13 Å². The van der Waals surface area contributed by atoms with E-state index in [2.05, 4.69) is 240 Å². The summed E-state index contributed by atoms with van der Waals surface area (Å²) in [5.74, 6) is 0. The van der Waals surface area contributed by atoms with Crippen molar-refractivity contribution >= 4 is 54.4 Å². The smallest absolute Gasteiger partial charge is 0.0619 e. The fourth-order valence-corrected chi connectivity index (χ4v) is 9.69. The molecule has 0 aliphatic rings. The molecule has 2 heterocycles.